The Bertz CT molecular complexity index is 323. The summed E-state index contributed by atoms with van der Waals surface area (Å²) in [6.07, 6.45) is 0. The molecule has 1 aromatic rings. The van der Waals surface area contributed by atoms with Gasteiger partial charge in [-0.25, -0.2) is 0 Å². The Morgan fingerprint density at radius 2 is 2.07 bits per heavy atom. The Kier molecular flexibility index (Phi) is 3.97. The van der Waals surface area contributed by atoms with Crippen LogP contribution in [0.4, 0.5) is 5.69 Å². The second kappa shape index (κ2) is 5.03. The minimum absolute atomic E-state index is 0.319. The Morgan fingerprint density at radius 1 is 1.40 bits per heavy atom. The first-order valence-corrected chi connectivity index (χ1v) is 5.25. The maximum Gasteiger partial charge on any atom is 0.120 e. The molecule has 0 aliphatic rings. The highest BCUT2D eigenvalue weighted by Gasteiger charge is 2.06. The monoisotopic (exact) mass is 208 g/mol. The van der Waals surface area contributed by atoms with Crippen LogP contribution in [-0.4, -0.2) is 23.6 Å². The summed E-state index contributed by atoms with van der Waals surface area (Å²) in [7, 11) is 2.04. The molecule has 0 aliphatic carbocycles. The first kappa shape index (κ1) is 11.9. The van der Waals surface area contributed by atoms with Gasteiger partial charge in [0, 0.05) is 24.3 Å². The van der Waals surface area contributed by atoms with Crippen LogP contribution in [0.2, 0.25) is 0 Å². The van der Waals surface area contributed by atoms with Crippen molar-refractivity contribution < 1.29 is 5.11 Å². The Morgan fingerprint density at radius 3 is 2.67 bits per heavy atom. The first-order chi connectivity index (χ1) is 6.99. The zero-order valence-electron chi connectivity index (χ0n) is 9.70. The quantitative estimate of drug-likeness (QED) is 0.588. The van der Waals surface area contributed by atoms with Gasteiger partial charge in [-0.2, -0.15) is 0 Å². The van der Waals surface area contributed by atoms with Crippen LogP contribution in [0.3, 0.4) is 0 Å². The fraction of sp³-hybridized carbons (Fsp3) is 0.500. The number of aromatic hydroxyl groups is 1. The predicted octanol–water partition coefficient (Wildman–Crippen LogP) is 2.06. The summed E-state index contributed by atoms with van der Waals surface area (Å²) in [4.78, 5) is 2.18. The molecule has 84 valence electrons. The lowest BCUT2D eigenvalue weighted by Crippen LogP contribution is -2.22. The zero-order chi connectivity index (χ0) is 11.4. The molecule has 0 heterocycles. The summed E-state index contributed by atoms with van der Waals surface area (Å²) in [6.45, 7) is 6.09. The van der Waals surface area contributed by atoms with Crippen LogP contribution < -0.4 is 5.73 Å². The number of phenolic OH excluding ortho intramolecular Hbond substituents is 1. The standard InChI is InChI=1S/C12H20N2O/c1-9(2)7-14(3)8-10-6-11(13)4-5-12(10)15/h4-6,9,15H,7-8,13H2,1-3H3. The summed E-state index contributed by atoms with van der Waals surface area (Å²) in [5, 5.41) is 9.64. The summed E-state index contributed by atoms with van der Waals surface area (Å²) in [5.74, 6) is 0.943. The van der Waals surface area contributed by atoms with Gasteiger partial charge in [0.15, 0.2) is 0 Å². The molecule has 0 spiro atoms. The second-order valence-electron chi connectivity index (χ2n) is 4.48. The molecule has 0 saturated heterocycles. The molecule has 3 N–H and O–H groups in total. The van der Waals surface area contributed by atoms with Crippen LogP contribution in [0, 0.1) is 5.92 Å². The van der Waals surface area contributed by atoms with Crippen LogP contribution in [0.15, 0.2) is 18.2 Å². The first-order valence-electron chi connectivity index (χ1n) is 5.25. The normalized spacial score (nSPS) is 11.3. The molecule has 1 aromatic carbocycles. The highest BCUT2D eigenvalue weighted by Crippen LogP contribution is 2.21. The lowest BCUT2D eigenvalue weighted by molar-refractivity contribution is 0.284. The number of nitrogen functional groups attached to an aromatic ring is 1. The van der Waals surface area contributed by atoms with E-state index in [0.717, 1.165) is 18.7 Å². The SMILES string of the molecule is CC(C)CN(C)Cc1cc(N)ccc1O. The van der Waals surface area contributed by atoms with Gasteiger partial charge in [-0.3, -0.25) is 0 Å². The van der Waals surface area contributed by atoms with Gasteiger partial charge < -0.3 is 15.7 Å². The second-order valence-corrected chi connectivity index (χ2v) is 4.48. The number of anilines is 1. The van der Waals surface area contributed by atoms with E-state index in [9.17, 15) is 5.11 Å². The highest BCUT2D eigenvalue weighted by molar-refractivity contribution is 5.47. The number of hydrogen-bond donors (Lipinski definition) is 2. The summed E-state index contributed by atoms with van der Waals surface area (Å²) in [5.41, 5.74) is 7.26. The van der Waals surface area contributed by atoms with Crippen LogP contribution in [-0.2, 0) is 6.54 Å². The van der Waals surface area contributed by atoms with Gasteiger partial charge >= 0.3 is 0 Å². The molecule has 0 unspecified atom stereocenters. The summed E-state index contributed by atoms with van der Waals surface area (Å²) >= 11 is 0. The number of nitrogens with zero attached hydrogens (tertiary/aromatic N) is 1. The van der Waals surface area contributed by atoms with Crippen LogP contribution in [0.1, 0.15) is 19.4 Å². The van der Waals surface area contributed by atoms with Crippen molar-refractivity contribution in [3.63, 3.8) is 0 Å². The van der Waals surface area contributed by atoms with Crippen molar-refractivity contribution in [1.82, 2.24) is 4.90 Å². The molecule has 0 amide bonds. The minimum Gasteiger partial charge on any atom is -0.508 e. The van der Waals surface area contributed by atoms with E-state index in [2.05, 4.69) is 18.7 Å². The third kappa shape index (κ3) is 3.80. The fourth-order valence-corrected chi connectivity index (χ4v) is 1.71. The summed E-state index contributed by atoms with van der Waals surface area (Å²) in [6, 6.07) is 5.18. The van der Waals surface area contributed by atoms with Gasteiger partial charge in [0.25, 0.3) is 0 Å². The molecule has 0 aromatic heterocycles. The van der Waals surface area contributed by atoms with Crippen LogP contribution in [0.25, 0.3) is 0 Å². The topological polar surface area (TPSA) is 49.5 Å². The molecule has 0 bridgehead atoms. The van der Waals surface area contributed by atoms with E-state index in [0.29, 0.717) is 17.4 Å². The van der Waals surface area contributed by atoms with Crippen molar-refractivity contribution in [3.8, 4) is 5.75 Å². The Labute approximate surface area is 91.5 Å². The van der Waals surface area contributed by atoms with E-state index in [-0.39, 0.29) is 0 Å². The van der Waals surface area contributed by atoms with Gasteiger partial charge in [0.05, 0.1) is 0 Å². The van der Waals surface area contributed by atoms with E-state index in [1.165, 1.54) is 0 Å². The largest absolute Gasteiger partial charge is 0.508 e. The minimum atomic E-state index is 0.319. The Balaban J connectivity index is 2.67. The van der Waals surface area contributed by atoms with Gasteiger partial charge in [0.1, 0.15) is 5.75 Å². The van der Waals surface area contributed by atoms with E-state index in [1.807, 2.05) is 13.1 Å². The lowest BCUT2D eigenvalue weighted by Gasteiger charge is -2.19. The molecule has 0 atom stereocenters. The van der Waals surface area contributed by atoms with E-state index >= 15 is 0 Å². The van der Waals surface area contributed by atoms with Crippen molar-refractivity contribution in [2.75, 3.05) is 19.3 Å². The van der Waals surface area contributed by atoms with Gasteiger partial charge in [-0.05, 0) is 31.2 Å². The van der Waals surface area contributed by atoms with Crippen molar-refractivity contribution in [3.05, 3.63) is 23.8 Å². The molecule has 3 nitrogen and oxygen atoms in total. The van der Waals surface area contributed by atoms with Gasteiger partial charge in [0.2, 0.25) is 0 Å². The lowest BCUT2D eigenvalue weighted by atomic mass is 10.1. The van der Waals surface area contributed by atoms with Crippen molar-refractivity contribution in [2.45, 2.75) is 20.4 Å². The fourth-order valence-electron chi connectivity index (χ4n) is 1.71. The predicted molar refractivity (Wildman–Crippen MR) is 63.7 cm³/mol. The van der Waals surface area contributed by atoms with Crippen molar-refractivity contribution in [2.24, 2.45) is 5.92 Å². The highest BCUT2D eigenvalue weighted by atomic mass is 16.3. The molecule has 0 aliphatic heterocycles. The maximum atomic E-state index is 9.64. The molecule has 0 fully saturated rings. The third-order valence-corrected chi connectivity index (χ3v) is 2.22. The van der Waals surface area contributed by atoms with Gasteiger partial charge in [-0.1, -0.05) is 13.8 Å². The molecule has 15 heavy (non-hydrogen) atoms. The third-order valence-electron chi connectivity index (χ3n) is 2.22. The zero-order valence-corrected chi connectivity index (χ0v) is 9.70. The molecule has 1 rings (SSSR count). The average molecular weight is 208 g/mol. The number of hydrogen-bond acceptors (Lipinski definition) is 3. The molecular formula is C12H20N2O. The number of phenols is 1. The number of nitrogens with two attached hydrogens (primary N) is 1. The smallest absolute Gasteiger partial charge is 0.120 e. The Hall–Kier alpha value is -1.22. The molecular weight excluding hydrogens is 188 g/mol. The number of benzene rings is 1. The van der Waals surface area contributed by atoms with E-state index < -0.39 is 0 Å². The molecule has 0 saturated carbocycles. The van der Waals surface area contributed by atoms with Crippen molar-refractivity contribution >= 4 is 5.69 Å². The average Bonchev–Trinajstić information content (AvgIpc) is 2.10. The van der Waals surface area contributed by atoms with Crippen molar-refractivity contribution in [1.29, 1.82) is 0 Å². The number of rotatable bonds is 4. The molecule has 3 heteroatoms. The van der Waals surface area contributed by atoms with Crippen LogP contribution in [0.5, 0.6) is 5.75 Å². The van der Waals surface area contributed by atoms with Gasteiger partial charge in [-0.15, -0.1) is 0 Å². The van der Waals surface area contributed by atoms with E-state index in [4.69, 9.17) is 5.73 Å². The van der Waals surface area contributed by atoms with E-state index in [1.54, 1.807) is 12.1 Å². The van der Waals surface area contributed by atoms with Crippen LogP contribution >= 0.6 is 0 Å². The summed E-state index contributed by atoms with van der Waals surface area (Å²) < 4.78 is 0. The maximum absolute atomic E-state index is 9.64. The molecule has 0 radical (unpaired) electrons.